The topological polar surface area (TPSA) is 51.8 Å². The van der Waals surface area contributed by atoms with Crippen molar-refractivity contribution < 1.29 is 0 Å². The van der Waals surface area contributed by atoms with Crippen LogP contribution in [0.15, 0.2) is 17.6 Å². The summed E-state index contributed by atoms with van der Waals surface area (Å²) in [7, 11) is 0. The molecular weight excluding hydrogens is 218 g/mol. The Morgan fingerprint density at radius 1 is 1.50 bits per heavy atom. The first-order valence-corrected chi connectivity index (χ1v) is 5.26. The van der Waals surface area contributed by atoms with E-state index in [-0.39, 0.29) is 0 Å². The quantitative estimate of drug-likeness (QED) is 0.812. The Hall–Kier alpha value is -1.13. The second kappa shape index (κ2) is 3.55. The molecule has 3 nitrogen and oxygen atoms in total. The molecule has 0 radical (unpaired) electrons. The van der Waals surface area contributed by atoms with Gasteiger partial charge in [0.1, 0.15) is 10.8 Å². The Kier molecular flexibility index (Phi) is 2.39. The summed E-state index contributed by atoms with van der Waals surface area (Å²) in [4.78, 5) is 8.31. The summed E-state index contributed by atoms with van der Waals surface area (Å²) in [6.45, 7) is 1.86. The van der Waals surface area contributed by atoms with Gasteiger partial charge in [-0.05, 0) is 13.0 Å². The standard InChI is InChI=1S/C9H8ClN3S/c1-5-7(10)2-6(3-12-5)9-13-8(11)4-14-9/h2-4H,11H2,1H3. The van der Waals surface area contributed by atoms with E-state index in [9.17, 15) is 0 Å². The van der Waals surface area contributed by atoms with Gasteiger partial charge < -0.3 is 5.73 Å². The van der Waals surface area contributed by atoms with E-state index in [4.69, 9.17) is 17.3 Å². The van der Waals surface area contributed by atoms with E-state index in [1.54, 1.807) is 11.6 Å². The van der Waals surface area contributed by atoms with E-state index in [0.717, 1.165) is 16.3 Å². The van der Waals surface area contributed by atoms with Gasteiger partial charge in [-0.3, -0.25) is 4.98 Å². The van der Waals surface area contributed by atoms with Gasteiger partial charge in [0.15, 0.2) is 0 Å². The fourth-order valence-corrected chi connectivity index (χ4v) is 1.90. The van der Waals surface area contributed by atoms with Gasteiger partial charge in [0.25, 0.3) is 0 Å². The van der Waals surface area contributed by atoms with Crippen LogP contribution in [0.25, 0.3) is 10.6 Å². The molecule has 0 spiro atoms. The van der Waals surface area contributed by atoms with Crippen LogP contribution >= 0.6 is 22.9 Å². The largest absolute Gasteiger partial charge is 0.383 e. The highest BCUT2D eigenvalue weighted by Crippen LogP contribution is 2.26. The molecule has 2 aromatic rings. The summed E-state index contributed by atoms with van der Waals surface area (Å²) in [6.07, 6.45) is 1.75. The molecule has 0 aromatic carbocycles. The van der Waals surface area contributed by atoms with Gasteiger partial charge in [-0.25, -0.2) is 4.98 Å². The molecule has 0 atom stereocenters. The third kappa shape index (κ3) is 1.71. The highest BCUT2D eigenvalue weighted by molar-refractivity contribution is 7.13. The summed E-state index contributed by atoms with van der Waals surface area (Å²) in [5.41, 5.74) is 7.25. The monoisotopic (exact) mass is 225 g/mol. The number of nitrogens with two attached hydrogens (primary N) is 1. The molecule has 0 bridgehead atoms. The van der Waals surface area contributed by atoms with Gasteiger partial charge in [-0.15, -0.1) is 11.3 Å². The number of anilines is 1. The smallest absolute Gasteiger partial charge is 0.135 e. The van der Waals surface area contributed by atoms with E-state index < -0.39 is 0 Å². The minimum Gasteiger partial charge on any atom is -0.383 e. The maximum atomic E-state index is 5.95. The second-order valence-corrected chi connectivity index (χ2v) is 4.13. The zero-order chi connectivity index (χ0) is 10.1. The lowest BCUT2D eigenvalue weighted by Gasteiger charge is -1.99. The number of hydrogen-bond donors (Lipinski definition) is 1. The minimum atomic E-state index is 0.529. The molecule has 0 aliphatic rings. The molecule has 2 aromatic heterocycles. The number of hydrogen-bond acceptors (Lipinski definition) is 4. The molecule has 2 heterocycles. The van der Waals surface area contributed by atoms with Gasteiger partial charge in [-0.1, -0.05) is 11.6 Å². The molecule has 2 N–H and O–H groups in total. The van der Waals surface area contributed by atoms with Gasteiger partial charge in [0.05, 0.1) is 10.7 Å². The summed E-state index contributed by atoms with van der Waals surface area (Å²) >= 11 is 7.44. The van der Waals surface area contributed by atoms with Gasteiger partial charge >= 0.3 is 0 Å². The highest BCUT2D eigenvalue weighted by Gasteiger charge is 2.05. The summed E-state index contributed by atoms with van der Waals surface area (Å²) in [5, 5.41) is 3.29. The molecule has 2 rings (SSSR count). The number of pyridine rings is 1. The average molecular weight is 226 g/mol. The van der Waals surface area contributed by atoms with Crippen LogP contribution in [0.4, 0.5) is 5.82 Å². The van der Waals surface area contributed by atoms with Crippen molar-refractivity contribution in [3.8, 4) is 10.6 Å². The molecular formula is C9H8ClN3S. The second-order valence-electron chi connectivity index (χ2n) is 2.87. The van der Waals surface area contributed by atoms with E-state index in [2.05, 4.69) is 9.97 Å². The fourth-order valence-electron chi connectivity index (χ4n) is 1.04. The zero-order valence-corrected chi connectivity index (χ0v) is 9.06. The molecule has 0 aliphatic carbocycles. The van der Waals surface area contributed by atoms with Crippen LogP contribution in [-0.4, -0.2) is 9.97 Å². The number of aromatic nitrogens is 2. The fraction of sp³-hybridized carbons (Fsp3) is 0.111. The lowest BCUT2D eigenvalue weighted by atomic mass is 10.2. The Morgan fingerprint density at radius 3 is 2.86 bits per heavy atom. The van der Waals surface area contributed by atoms with E-state index in [1.807, 2.05) is 13.0 Å². The Morgan fingerprint density at radius 2 is 2.29 bits per heavy atom. The van der Waals surface area contributed by atoms with Gasteiger partial charge in [0, 0.05) is 17.1 Å². The van der Waals surface area contributed by atoms with Crippen molar-refractivity contribution in [2.45, 2.75) is 6.92 Å². The number of aryl methyl sites for hydroxylation is 1. The predicted octanol–water partition coefficient (Wildman–Crippen LogP) is 2.75. The van der Waals surface area contributed by atoms with Crippen molar-refractivity contribution in [2.24, 2.45) is 0 Å². The number of nitrogen functional groups attached to an aromatic ring is 1. The molecule has 5 heteroatoms. The van der Waals surface area contributed by atoms with Crippen LogP contribution in [0.5, 0.6) is 0 Å². The van der Waals surface area contributed by atoms with Gasteiger partial charge in [0.2, 0.25) is 0 Å². The van der Waals surface area contributed by atoms with Crippen molar-refractivity contribution in [1.29, 1.82) is 0 Å². The van der Waals surface area contributed by atoms with Crippen LogP contribution in [0.1, 0.15) is 5.69 Å². The van der Waals surface area contributed by atoms with Crippen molar-refractivity contribution in [2.75, 3.05) is 5.73 Å². The van der Waals surface area contributed by atoms with E-state index in [1.165, 1.54) is 11.3 Å². The van der Waals surface area contributed by atoms with Crippen molar-refractivity contribution in [1.82, 2.24) is 9.97 Å². The Labute approximate surface area is 90.6 Å². The van der Waals surface area contributed by atoms with Crippen LogP contribution in [0, 0.1) is 6.92 Å². The molecule has 0 saturated carbocycles. The number of rotatable bonds is 1. The predicted molar refractivity (Wildman–Crippen MR) is 59.5 cm³/mol. The number of nitrogens with zero attached hydrogens (tertiary/aromatic N) is 2. The molecule has 0 unspecified atom stereocenters. The maximum absolute atomic E-state index is 5.95. The Bertz CT molecular complexity index is 467. The van der Waals surface area contributed by atoms with E-state index >= 15 is 0 Å². The maximum Gasteiger partial charge on any atom is 0.135 e. The molecule has 14 heavy (non-hydrogen) atoms. The highest BCUT2D eigenvalue weighted by atomic mass is 35.5. The van der Waals surface area contributed by atoms with Crippen LogP contribution in [0.3, 0.4) is 0 Å². The number of thiazole rings is 1. The summed E-state index contributed by atoms with van der Waals surface area (Å²) in [6, 6.07) is 1.85. The van der Waals surface area contributed by atoms with Crippen LogP contribution in [-0.2, 0) is 0 Å². The lowest BCUT2D eigenvalue weighted by Crippen LogP contribution is -1.86. The third-order valence-electron chi connectivity index (χ3n) is 1.79. The van der Waals surface area contributed by atoms with Gasteiger partial charge in [-0.2, -0.15) is 0 Å². The molecule has 0 fully saturated rings. The van der Waals surface area contributed by atoms with E-state index in [0.29, 0.717) is 10.8 Å². The summed E-state index contributed by atoms with van der Waals surface area (Å²) < 4.78 is 0. The van der Waals surface area contributed by atoms with Crippen molar-refractivity contribution >= 4 is 28.8 Å². The van der Waals surface area contributed by atoms with Crippen molar-refractivity contribution in [3.05, 3.63) is 28.4 Å². The molecule has 0 amide bonds. The zero-order valence-electron chi connectivity index (χ0n) is 7.49. The minimum absolute atomic E-state index is 0.529. The normalized spacial score (nSPS) is 10.4. The first-order valence-electron chi connectivity index (χ1n) is 4.00. The third-order valence-corrected chi connectivity index (χ3v) is 3.09. The van der Waals surface area contributed by atoms with Crippen LogP contribution in [0.2, 0.25) is 5.02 Å². The summed E-state index contributed by atoms with van der Waals surface area (Å²) in [5.74, 6) is 0.529. The van der Waals surface area contributed by atoms with Crippen LogP contribution < -0.4 is 5.73 Å². The first-order chi connectivity index (χ1) is 6.66. The molecule has 0 aliphatic heterocycles. The average Bonchev–Trinajstić information content (AvgIpc) is 2.57. The number of halogens is 1. The Balaban J connectivity index is 2.47. The molecule has 72 valence electrons. The lowest BCUT2D eigenvalue weighted by molar-refractivity contribution is 1.20. The SMILES string of the molecule is Cc1ncc(-c2nc(N)cs2)cc1Cl. The molecule has 0 saturated heterocycles. The first kappa shape index (κ1) is 9.43. The van der Waals surface area contributed by atoms with Crippen molar-refractivity contribution in [3.63, 3.8) is 0 Å².